The maximum atomic E-state index is 12.0. The molecule has 0 aromatic rings. The van der Waals surface area contributed by atoms with Crippen LogP contribution in [-0.4, -0.2) is 6.41 Å². The highest BCUT2D eigenvalue weighted by atomic mass is 19.1. The number of allylic oxidation sites excluding steroid dienone is 3. The lowest BCUT2D eigenvalue weighted by Gasteiger charge is -1.94. The van der Waals surface area contributed by atoms with Crippen molar-refractivity contribution in [2.75, 3.05) is 0 Å². The van der Waals surface area contributed by atoms with Gasteiger partial charge in [0.25, 0.3) is 0 Å². The molecule has 0 heterocycles. The Morgan fingerprint density at radius 1 is 1.60 bits per heavy atom. The minimum Gasteiger partial charge on any atom is -0.329 e. The Morgan fingerprint density at radius 3 is 2.50 bits per heavy atom. The number of rotatable bonds is 4. The van der Waals surface area contributed by atoms with Gasteiger partial charge in [0.05, 0.1) is 0 Å². The van der Waals surface area contributed by atoms with Crippen LogP contribution in [0.2, 0.25) is 0 Å². The summed E-state index contributed by atoms with van der Waals surface area (Å²) in [6.07, 6.45) is 2.83. The molecule has 0 saturated heterocycles. The summed E-state index contributed by atoms with van der Waals surface area (Å²) in [5.74, 6) is -0.621. The molecule has 0 aliphatic rings. The van der Waals surface area contributed by atoms with Crippen LogP contribution >= 0.6 is 0 Å². The first-order chi connectivity index (χ1) is 4.70. The Morgan fingerprint density at radius 2 is 2.20 bits per heavy atom. The molecule has 0 aromatic carbocycles. The predicted octanol–water partition coefficient (Wildman–Crippen LogP) is 1.29. The molecule has 54 valence electrons. The normalized spacial score (nSPS) is 10.3. The van der Waals surface area contributed by atoms with Crippen molar-refractivity contribution in [1.29, 1.82) is 0 Å². The molecule has 3 heteroatoms. The van der Waals surface area contributed by atoms with Crippen molar-refractivity contribution < 1.29 is 9.18 Å². The molecule has 0 rings (SSSR count). The quantitative estimate of drug-likeness (QED) is 0.463. The number of halogens is 1. The molecule has 0 spiro atoms. The van der Waals surface area contributed by atoms with Crippen LogP contribution in [0.3, 0.4) is 0 Å². The fraction of sp³-hybridized carbons (Fsp3) is 0. The molecule has 0 aliphatic heterocycles. The van der Waals surface area contributed by atoms with Gasteiger partial charge in [0.1, 0.15) is 5.83 Å². The van der Waals surface area contributed by atoms with E-state index in [0.29, 0.717) is 12.1 Å². The van der Waals surface area contributed by atoms with Crippen LogP contribution in [0.1, 0.15) is 0 Å². The number of amides is 1. The Hall–Kier alpha value is -1.38. The van der Waals surface area contributed by atoms with Crippen molar-refractivity contribution in [2.45, 2.75) is 0 Å². The van der Waals surface area contributed by atoms with E-state index in [1.54, 1.807) is 0 Å². The second kappa shape index (κ2) is 4.49. The maximum absolute atomic E-state index is 12.0. The predicted molar refractivity (Wildman–Crippen MR) is 37.7 cm³/mol. The van der Waals surface area contributed by atoms with E-state index in [1.165, 1.54) is 6.08 Å². The van der Waals surface area contributed by atoms with Gasteiger partial charge in [0.15, 0.2) is 0 Å². The molecule has 1 N–H and O–H groups in total. The van der Waals surface area contributed by atoms with Crippen molar-refractivity contribution >= 4 is 6.41 Å². The van der Waals surface area contributed by atoms with Gasteiger partial charge in [-0.2, -0.15) is 0 Å². The summed E-state index contributed by atoms with van der Waals surface area (Å²) >= 11 is 0. The SMILES string of the molecule is C=C/C(=C\C(=C)F)NC=O. The molecule has 0 aromatic heterocycles. The number of carbonyl (C=O) groups is 1. The lowest BCUT2D eigenvalue weighted by atomic mass is 10.4. The van der Waals surface area contributed by atoms with Gasteiger partial charge in [0.2, 0.25) is 6.41 Å². The van der Waals surface area contributed by atoms with E-state index in [2.05, 4.69) is 18.5 Å². The molecule has 2 nitrogen and oxygen atoms in total. The standard InChI is InChI=1S/C7H8FNO/c1-3-7(9-5-10)4-6(2)8/h3-5H,1-2H2,(H,9,10)/b7-4+. The highest BCUT2D eigenvalue weighted by Crippen LogP contribution is 1.98. The van der Waals surface area contributed by atoms with Crippen molar-refractivity contribution in [1.82, 2.24) is 5.32 Å². The minimum atomic E-state index is -0.621. The molecule has 0 radical (unpaired) electrons. The van der Waals surface area contributed by atoms with Crippen molar-refractivity contribution in [3.8, 4) is 0 Å². The van der Waals surface area contributed by atoms with Crippen LogP contribution in [0.25, 0.3) is 0 Å². The number of hydrogen-bond donors (Lipinski definition) is 1. The average Bonchev–Trinajstić information content (AvgIpc) is 1.86. The molecule has 0 fully saturated rings. The van der Waals surface area contributed by atoms with Gasteiger partial charge in [-0.05, 0) is 12.2 Å². The van der Waals surface area contributed by atoms with E-state index in [0.717, 1.165) is 6.08 Å². The van der Waals surface area contributed by atoms with Crippen molar-refractivity contribution in [3.05, 3.63) is 36.8 Å². The van der Waals surface area contributed by atoms with Gasteiger partial charge in [-0.1, -0.05) is 13.2 Å². The Kier molecular flexibility index (Phi) is 3.87. The van der Waals surface area contributed by atoms with Crippen LogP contribution in [0.4, 0.5) is 4.39 Å². The molecule has 0 bridgehead atoms. The van der Waals surface area contributed by atoms with Crippen LogP contribution in [0.15, 0.2) is 36.8 Å². The third-order valence-corrected chi connectivity index (χ3v) is 0.758. The summed E-state index contributed by atoms with van der Waals surface area (Å²) in [6, 6.07) is 0. The Bertz CT molecular complexity index is 184. The van der Waals surface area contributed by atoms with E-state index in [9.17, 15) is 9.18 Å². The molecule has 0 aliphatic carbocycles. The van der Waals surface area contributed by atoms with Gasteiger partial charge in [-0.25, -0.2) is 4.39 Å². The van der Waals surface area contributed by atoms with Crippen LogP contribution in [0, 0.1) is 0 Å². The molecular formula is C7H8FNO. The first-order valence-corrected chi connectivity index (χ1v) is 2.59. The molecule has 1 amide bonds. The zero-order chi connectivity index (χ0) is 7.98. The van der Waals surface area contributed by atoms with Crippen molar-refractivity contribution in [2.24, 2.45) is 0 Å². The smallest absolute Gasteiger partial charge is 0.211 e. The highest BCUT2D eigenvalue weighted by Gasteiger charge is 1.88. The van der Waals surface area contributed by atoms with E-state index in [1.807, 2.05) is 0 Å². The summed E-state index contributed by atoms with van der Waals surface area (Å²) < 4.78 is 12.0. The first kappa shape index (κ1) is 8.62. The highest BCUT2D eigenvalue weighted by molar-refractivity contribution is 5.52. The van der Waals surface area contributed by atoms with Gasteiger partial charge < -0.3 is 5.32 Å². The first-order valence-electron chi connectivity index (χ1n) is 2.59. The fourth-order valence-electron chi connectivity index (χ4n) is 0.396. The Balaban J connectivity index is 4.16. The third kappa shape index (κ3) is 3.60. The van der Waals surface area contributed by atoms with Crippen LogP contribution in [0.5, 0.6) is 0 Å². The van der Waals surface area contributed by atoms with E-state index < -0.39 is 5.83 Å². The number of hydrogen-bond acceptors (Lipinski definition) is 1. The molecule has 10 heavy (non-hydrogen) atoms. The molecular weight excluding hydrogens is 133 g/mol. The van der Waals surface area contributed by atoms with Crippen LogP contribution in [-0.2, 0) is 4.79 Å². The second-order valence-corrected chi connectivity index (χ2v) is 1.51. The van der Waals surface area contributed by atoms with Gasteiger partial charge >= 0.3 is 0 Å². The van der Waals surface area contributed by atoms with E-state index >= 15 is 0 Å². The number of carbonyl (C=O) groups excluding carboxylic acids is 1. The van der Waals surface area contributed by atoms with Gasteiger partial charge in [-0.3, -0.25) is 4.79 Å². The molecule has 0 saturated carbocycles. The Labute approximate surface area is 58.7 Å². The second-order valence-electron chi connectivity index (χ2n) is 1.51. The summed E-state index contributed by atoms with van der Waals surface area (Å²) in [5.41, 5.74) is 0.294. The fourth-order valence-corrected chi connectivity index (χ4v) is 0.396. The monoisotopic (exact) mass is 141 g/mol. The lowest BCUT2D eigenvalue weighted by molar-refractivity contribution is -0.108. The summed E-state index contributed by atoms with van der Waals surface area (Å²) in [7, 11) is 0. The molecule has 0 unspecified atom stereocenters. The van der Waals surface area contributed by atoms with Crippen molar-refractivity contribution in [3.63, 3.8) is 0 Å². The van der Waals surface area contributed by atoms with Gasteiger partial charge in [-0.15, -0.1) is 0 Å². The zero-order valence-electron chi connectivity index (χ0n) is 5.43. The summed E-state index contributed by atoms with van der Waals surface area (Å²) in [4.78, 5) is 9.80. The molecule has 0 atom stereocenters. The number of nitrogens with one attached hydrogen (secondary N) is 1. The van der Waals surface area contributed by atoms with E-state index in [-0.39, 0.29) is 0 Å². The van der Waals surface area contributed by atoms with Crippen LogP contribution < -0.4 is 5.32 Å². The van der Waals surface area contributed by atoms with Gasteiger partial charge in [0, 0.05) is 5.70 Å². The minimum absolute atomic E-state index is 0.294. The van der Waals surface area contributed by atoms with E-state index in [4.69, 9.17) is 0 Å². The largest absolute Gasteiger partial charge is 0.329 e. The maximum Gasteiger partial charge on any atom is 0.211 e. The lowest BCUT2D eigenvalue weighted by Crippen LogP contribution is -2.07. The summed E-state index contributed by atoms with van der Waals surface area (Å²) in [5, 5.41) is 2.23. The third-order valence-electron chi connectivity index (χ3n) is 0.758. The zero-order valence-corrected chi connectivity index (χ0v) is 5.43. The topological polar surface area (TPSA) is 29.1 Å². The average molecular weight is 141 g/mol. The summed E-state index contributed by atoms with van der Waals surface area (Å²) in [6.45, 7) is 6.31.